The van der Waals surface area contributed by atoms with Gasteiger partial charge in [0.2, 0.25) is 0 Å². The lowest BCUT2D eigenvalue weighted by molar-refractivity contribution is 0.102. The molecule has 27 heavy (non-hydrogen) atoms. The first kappa shape index (κ1) is 17.0. The number of pyridine rings is 1. The van der Waals surface area contributed by atoms with Crippen LogP contribution in [0, 0.1) is 0 Å². The summed E-state index contributed by atoms with van der Waals surface area (Å²) in [5, 5.41) is 2.82. The average molecular weight is 360 g/mol. The number of para-hydroxylation sites is 1. The van der Waals surface area contributed by atoms with Gasteiger partial charge in [-0.3, -0.25) is 9.78 Å². The summed E-state index contributed by atoms with van der Waals surface area (Å²) in [4.78, 5) is 29.3. The highest BCUT2D eigenvalue weighted by molar-refractivity contribution is 6.03. The maximum absolute atomic E-state index is 12.3. The molecular weight excluding hydrogens is 340 g/mol. The van der Waals surface area contributed by atoms with E-state index in [2.05, 4.69) is 54.3 Å². The van der Waals surface area contributed by atoms with Crippen LogP contribution in [0.4, 0.5) is 17.3 Å². The van der Waals surface area contributed by atoms with Crippen molar-refractivity contribution in [2.24, 2.45) is 0 Å². The van der Waals surface area contributed by atoms with Gasteiger partial charge >= 0.3 is 0 Å². The van der Waals surface area contributed by atoms with Gasteiger partial charge in [0.1, 0.15) is 18.0 Å². The van der Waals surface area contributed by atoms with Crippen LogP contribution >= 0.6 is 0 Å². The van der Waals surface area contributed by atoms with Crippen molar-refractivity contribution in [3.63, 3.8) is 0 Å². The molecule has 4 rings (SSSR count). The lowest BCUT2D eigenvalue weighted by Gasteiger charge is -2.36. The predicted octanol–water partition coefficient (Wildman–Crippen LogP) is 2.45. The van der Waals surface area contributed by atoms with Gasteiger partial charge in [0.25, 0.3) is 5.91 Å². The zero-order valence-corrected chi connectivity index (χ0v) is 14.8. The van der Waals surface area contributed by atoms with Crippen molar-refractivity contribution in [3.05, 3.63) is 72.8 Å². The van der Waals surface area contributed by atoms with Crippen molar-refractivity contribution < 1.29 is 4.79 Å². The second-order valence-electron chi connectivity index (χ2n) is 6.26. The maximum Gasteiger partial charge on any atom is 0.256 e. The number of piperazine rings is 1. The van der Waals surface area contributed by atoms with Crippen molar-refractivity contribution >= 4 is 23.2 Å². The summed E-state index contributed by atoms with van der Waals surface area (Å²) in [6.07, 6.45) is 4.67. The Bertz CT molecular complexity index is 895. The number of anilines is 3. The zero-order valence-electron chi connectivity index (χ0n) is 14.8. The zero-order chi connectivity index (χ0) is 18.5. The summed E-state index contributed by atoms with van der Waals surface area (Å²) in [5.41, 5.74) is 1.78. The van der Waals surface area contributed by atoms with Gasteiger partial charge in [-0.2, -0.15) is 0 Å². The van der Waals surface area contributed by atoms with Crippen LogP contribution in [0.1, 0.15) is 10.4 Å². The Morgan fingerprint density at radius 1 is 0.889 bits per heavy atom. The molecule has 3 heterocycles. The fraction of sp³-hybridized carbons (Fsp3) is 0.200. The molecule has 1 aromatic carbocycles. The number of nitrogens with zero attached hydrogens (tertiary/aromatic N) is 5. The molecule has 1 aliphatic rings. The highest BCUT2D eigenvalue weighted by atomic mass is 16.1. The molecule has 1 amide bonds. The first-order valence-corrected chi connectivity index (χ1v) is 8.88. The Kier molecular flexibility index (Phi) is 4.91. The molecule has 0 bridgehead atoms. The summed E-state index contributed by atoms with van der Waals surface area (Å²) >= 11 is 0. The molecular formula is C20H20N6O. The topological polar surface area (TPSA) is 74.2 Å². The quantitative estimate of drug-likeness (QED) is 0.770. The summed E-state index contributed by atoms with van der Waals surface area (Å²) in [6.45, 7) is 3.58. The lowest BCUT2D eigenvalue weighted by atomic mass is 10.2. The fourth-order valence-electron chi connectivity index (χ4n) is 3.11. The average Bonchev–Trinajstić information content (AvgIpc) is 2.75. The Morgan fingerprint density at radius 3 is 2.33 bits per heavy atom. The van der Waals surface area contributed by atoms with Gasteiger partial charge in [-0.05, 0) is 24.3 Å². The van der Waals surface area contributed by atoms with E-state index in [4.69, 9.17) is 0 Å². The van der Waals surface area contributed by atoms with Crippen molar-refractivity contribution in [1.29, 1.82) is 0 Å². The van der Waals surface area contributed by atoms with Crippen molar-refractivity contribution in [2.45, 2.75) is 0 Å². The van der Waals surface area contributed by atoms with Crippen LogP contribution in [0.25, 0.3) is 0 Å². The molecule has 0 saturated carbocycles. The minimum atomic E-state index is -0.212. The van der Waals surface area contributed by atoms with Crippen LogP contribution in [0.5, 0.6) is 0 Å². The number of amides is 1. The van der Waals surface area contributed by atoms with Crippen LogP contribution in [0.2, 0.25) is 0 Å². The minimum absolute atomic E-state index is 0.212. The third-order valence-corrected chi connectivity index (χ3v) is 4.56. The molecule has 1 aliphatic heterocycles. The first-order chi connectivity index (χ1) is 13.3. The Balaban J connectivity index is 1.40. The molecule has 1 saturated heterocycles. The molecule has 0 aliphatic carbocycles. The highest BCUT2D eigenvalue weighted by Gasteiger charge is 2.19. The molecule has 136 valence electrons. The maximum atomic E-state index is 12.3. The summed E-state index contributed by atoms with van der Waals surface area (Å²) in [6, 6.07) is 15.6. The number of rotatable bonds is 4. The van der Waals surface area contributed by atoms with E-state index < -0.39 is 0 Å². The standard InChI is InChI=1S/C20H20N6O/c27-20(16-6-8-21-9-7-16)24-18-14-19(23-15-22-18)26-12-10-25(11-13-26)17-4-2-1-3-5-17/h1-9,14-15H,10-13H2,(H,22,23,24,27). The number of carbonyl (C=O) groups is 1. The van der Waals surface area contributed by atoms with Crippen molar-refractivity contribution in [2.75, 3.05) is 41.3 Å². The van der Waals surface area contributed by atoms with E-state index in [1.165, 1.54) is 12.0 Å². The molecule has 3 aromatic rings. The molecule has 2 aromatic heterocycles. The summed E-state index contributed by atoms with van der Waals surface area (Å²) in [5.74, 6) is 1.10. The number of nitrogens with one attached hydrogen (secondary N) is 1. The van der Waals surface area contributed by atoms with E-state index in [-0.39, 0.29) is 5.91 Å². The van der Waals surface area contributed by atoms with Gasteiger partial charge in [-0.25, -0.2) is 9.97 Å². The SMILES string of the molecule is O=C(Nc1cc(N2CCN(c3ccccc3)CC2)ncn1)c1ccncc1. The molecule has 7 nitrogen and oxygen atoms in total. The van der Waals surface area contributed by atoms with E-state index in [9.17, 15) is 4.79 Å². The number of carbonyl (C=O) groups excluding carboxylic acids is 1. The van der Waals surface area contributed by atoms with Crippen LogP contribution in [-0.2, 0) is 0 Å². The number of hydrogen-bond donors (Lipinski definition) is 1. The summed E-state index contributed by atoms with van der Waals surface area (Å²) < 4.78 is 0. The largest absolute Gasteiger partial charge is 0.368 e. The van der Waals surface area contributed by atoms with Crippen LogP contribution in [-0.4, -0.2) is 47.0 Å². The Morgan fingerprint density at radius 2 is 1.59 bits per heavy atom. The van der Waals surface area contributed by atoms with Crippen molar-refractivity contribution in [3.8, 4) is 0 Å². The predicted molar refractivity (Wildman–Crippen MR) is 105 cm³/mol. The van der Waals surface area contributed by atoms with E-state index in [1.54, 1.807) is 24.5 Å². The van der Waals surface area contributed by atoms with Gasteiger partial charge in [-0.1, -0.05) is 18.2 Å². The van der Waals surface area contributed by atoms with Crippen LogP contribution in [0.3, 0.4) is 0 Å². The second kappa shape index (κ2) is 7.82. The second-order valence-corrected chi connectivity index (χ2v) is 6.26. The van der Waals surface area contributed by atoms with Gasteiger partial charge in [0.15, 0.2) is 0 Å². The molecule has 0 unspecified atom stereocenters. The third kappa shape index (κ3) is 4.03. The van der Waals surface area contributed by atoms with Crippen LogP contribution in [0.15, 0.2) is 67.3 Å². The van der Waals surface area contributed by atoms with Gasteiger partial charge in [-0.15, -0.1) is 0 Å². The molecule has 0 radical (unpaired) electrons. The van der Waals surface area contributed by atoms with E-state index >= 15 is 0 Å². The van der Waals surface area contributed by atoms with Crippen LogP contribution < -0.4 is 15.1 Å². The molecule has 1 N–H and O–H groups in total. The molecule has 0 spiro atoms. The van der Waals surface area contributed by atoms with E-state index in [0.29, 0.717) is 11.4 Å². The lowest BCUT2D eigenvalue weighted by Crippen LogP contribution is -2.46. The van der Waals surface area contributed by atoms with E-state index in [1.807, 2.05) is 12.1 Å². The van der Waals surface area contributed by atoms with Gasteiger partial charge < -0.3 is 15.1 Å². The van der Waals surface area contributed by atoms with Gasteiger partial charge in [0, 0.05) is 55.9 Å². The molecule has 0 atom stereocenters. The number of aromatic nitrogens is 3. The third-order valence-electron chi connectivity index (χ3n) is 4.56. The smallest absolute Gasteiger partial charge is 0.256 e. The minimum Gasteiger partial charge on any atom is -0.368 e. The van der Waals surface area contributed by atoms with Crippen molar-refractivity contribution in [1.82, 2.24) is 15.0 Å². The Hall–Kier alpha value is -3.48. The fourth-order valence-corrected chi connectivity index (χ4v) is 3.11. The number of hydrogen-bond acceptors (Lipinski definition) is 6. The normalized spacial score (nSPS) is 14.1. The number of benzene rings is 1. The summed E-state index contributed by atoms with van der Waals surface area (Å²) in [7, 11) is 0. The van der Waals surface area contributed by atoms with E-state index in [0.717, 1.165) is 32.0 Å². The van der Waals surface area contributed by atoms with Gasteiger partial charge in [0.05, 0.1) is 0 Å². The monoisotopic (exact) mass is 360 g/mol. The Labute approximate surface area is 157 Å². The highest BCUT2D eigenvalue weighted by Crippen LogP contribution is 2.20. The molecule has 7 heteroatoms. The molecule has 1 fully saturated rings. The first-order valence-electron chi connectivity index (χ1n) is 8.88.